The molecule has 6 heteroatoms. The number of hydrogen-bond acceptors (Lipinski definition) is 4. The molecular weight excluding hydrogens is 354 g/mol. The first-order valence-corrected chi connectivity index (χ1v) is 10.7. The summed E-state index contributed by atoms with van der Waals surface area (Å²) in [5.41, 5.74) is 10.6. The van der Waals surface area contributed by atoms with Crippen LogP contribution in [-0.4, -0.2) is 23.8 Å². The Morgan fingerprint density at radius 1 is 1.18 bits per heavy atom. The minimum atomic E-state index is -0.587. The van der Waals surface area contributed by atoms with E-state index in [1.165, 1.54) is 18.9 Å². The van der Waals surface area contributed by atoms with E-state index < -0.39 is 6.03 Å². The fourth-order valence-electron chi connectivity index (χ4n) is 7.06. The first kappa shape index (κ1) is 19.5. The molecule has 154 valence electrons. The average molecular weight is 388 g/mol. The fraction of sp³-hybridized carbons (Fsp3) is 0.773. The van der Waals surface area contributed by atoms with Gasteiger partial charge in [0.1, 0.15) is 6.10 Å². The van der Waals surface area contributed by atoms with E-state index in [1.54, 1.807) is 0 Å². The second kappa shape index (κ2) is 6.89. The summed E-state index contributed by atoms with van der Waals surface area (Å²) in [7, 11) is 0. The van der Waals surface area contributed by atoms with Crippen molar-refractivity contribution >= 4 is 17.7 Å². The van der Waals surface area contributed by atoms with E-state index in [0.717, 1.165) is 50.7 Å². The van der Waals surface area contributed by atoms with Crippen LogP contribution in [0.5, 0.6) is 0 Å². The maximum Gasteiger partial charge on any atom is 0.332 e. The molecule has 4 rings (SSSR count). The lowest BCUT2D eigenvalue weighted by molar-refractivity contribution is -0.148. The van der Waals surface area contributed by atoms with Crippen LogP contribution in [0.4, 0.5) is 4.79 Å². The van der Waals surface area contributed by atoms with Crippen molar-refractivity contribution in [1.82, 2.24) is 5.43 Å². The molecule has 4 aliphatic carbocycles. The highest BCUT2D eigenvalue weighted by Crippen LogP contribution is 2.64. The lowest BCUT2D eigenvalue weighted by Gasteiger charge is -2.57. The molecule has 0 unspecified atom stereocenters. The zero-order valence-corrected chi connectivity index (χ0v) is 17.3. The molecule has 0 radical (unpaired) electrons. The Morgan fingerprint density at radius 2 is 1.89 bits per heavy atom. The molecule has 28 heavy (non-hydrogen) atoms. The minimum absolute atomic E-state index is 0.0484. The van der Waals surface area contributed by atoms with Crippen molar-refractivity contribution in [3.8, 4) is 0 Å². The summed E-state index contributed by atoms with van der Waals surface area (Å²) in [4.78, 5) is 22.5. The number of carbonyl (C=O) groups excluding carboxylic acids is 2. The lowest BCUT2D eigenvalue weighted by atomic mass is 9.48. The number of allylic oxidation sites excluding steroid dienone is 1. The van der Waals surface area contributed by atoms with Crippen LogP contribution in [-0.2, 0) is 9.53 Å². The molecule has 3 N–H and O–H groups in total. The van der Waals surface area contributed by atoms with Gasteiger partial charge >= 0.3 is 12.0 Å². The number of primary amides is 1. The Labute approximate surface area is 167 Å². The molecule has 0 aromatic carbocycles. The zero-order chi connectivity index (χ0) is 20.1. The first-order valence-electron chi connectivity index (χ1n) is 10.7. The SMILES string of the molecule is CC(=O)O[C@@H]1CC[C@@]2(C)C(=CC[C@H]3[C@H]2CC[C@]2(C)/C(=N\NC(N)=O)CC[C@H]32)C1. The quantitative estimate of drug-likeness (QED) is 0.427. The highest BCUT2D eigenvalue weighted by atomic mass is 16.5. The Morgan fingerprint density at radius 3 is 2.61 bits per heavy atom. The Hall–Kier alpha value is -1.85. The van der Waals surface area contributed by atoms with Crippen LogP contribution in [0.1, 0.15) is 72.1 Å². The molecule has 0 saturated heterocycles. The number of nitrogens with one attached hydrogen (secondary N) is 1. The van der Waals surface area contributed by atoms with Crippen molar-refractivity contribution in [1.29, 1.82) is 0 Å². The van der Waals surface area contributed by atoms with Crippen molar-refractivity contribution in [2.45, 2.75) is 78.2 Å². The highest BCUT2D eigenvalue weighted by Gasteiger charge is 2.58. The first-order chi connectivity index (χ1) is 13.2. The largest absolute Gasteiger partial charge is 0.462 e. The third kappa shape index (κ3) is 3.05. The van der Waals surface area contributed by atoms with Crippen molar-refractivity contribution in [3.05, 3.63) is 11.6 Å². The van der Waals surface area contributed by atoms with Gasteiger partial charge in [-0.15, -0.1) is 0 Å². The van der Waals surface area contributed by atoms with Crippen LogP contribution in [0.15, 0.2) is 16.8 Å². The third-order valence-electron chi connectivity index (χ3n) is 8.43. The Bertz CT molecular complexity index is 745. The van der Waals surface area contributed by atoms with E-state index >= 15 is 0 Å². The second-order valence-electron chi connectivity index (χ2n) is 9.76. The molecule has 4 aliphatic rings. The molecular formula is C22H33N3O3. The summed E-state index contributed by atoms with van der Waals surface area (Å²) >= 11 is 0. The van der Waals surface area contributed by atoms with Crippen LogP contribution in [0, 0.1) is 28.6 Å². The van der Waals surface area contributed by atoms with Crippen molar-refractivity contribution in [2.75, 3.05) is 0 Å². The molecule has 0 aliphatic heterocycles. The van der Waals surface area contributed by atoms with Crippen LogP contribution in [0.25, 0.3) is 0 Å². The van der Waals surface area contributed by atoms with Gasteiger partial charge < -0.3 is 10.5 Å². The minimum Gasteiger partial charge on any atom is -0.462 e. The van der Waals surface area contributed by atoms with Gasteiger partial charge in [0.25, 0.3) is 0 Å². The van der Waals surface area contributed by atoms with Crippen molar-refractivity contribution < 1.29 is 14.3 Å². The molecule has 6 atom stereocenters. The number of nitrogens with zero attached hydrogens (tertiary/aromatic N) is 1. The van der Waals surface area contributed by atoms with Gasteiger partial charge in [0.05, 0.1) is 0 Å². The van der Waals surface area contributed by atoms with Crippen molar-refractivity contribution in [2.24, 2.45) is 39.4 Å². The number of fused-ring (bicyclic) bond motifs is 5. The summed E-state index contributed by atoms with van der Waals surface area (Å²) in [5.74, 6) is 1.80. The normalized spacial score (nSPS) is 43.4. The summed E-state index contributed by atoms with van der Waals surface area (Å²) < 4.78 is 5.53. The van der Waals surface area contributed by atoms with E-state index in [9.17, 15) is 9.59 Å². The van der Waals surface area contributed by atoms with Gasteiger partial charge in [-0.05, 0) is 68.1 Å². The highest BCUT2D eigenvalue weighted by molar-refractivity contribution is 5.93. The predicted octanol–water partition coefficient (Wildman–Crippen LogP) is 3.91. The molecule has 0 bridgehead atoms. The van der Waals surface area contributed by atoms with E-state index in [0.29, 0.717) is 17.8 Å². The summed E-state index contributed by atoms with van der Waals surface area (Å²) in [6.45, 7) is 6.29. The van der Waals surface area contributed by atoms with Gasteiger partial charge in [-0.25, -0.2) is 10.2 Å². The smallest absolute Gasteiger partial charge is 0.332 e. The number of ether oxygens (including phenoxy) is 1. The number of hydrazone groups is 1. The monoisotopic (exact) mass is 387 g/mol. The van der Waals surface area contributed by atoms with Crippen molar-refractivity contribution in [3.63, 3.8) is 0 Å². The number of nitrogens with two attached hydrogens (primary N) is 1. The van der Waals surface area contributed by atoms with Gasteiger partial charge in [0, 0.05) is 24.5 Å². The Balaban J connectivity index is 1.56. The molecule has 3 fully saturated rings. The van der Waals surface area contributed by atoms with Gasteiger partial charge in [0.2, 0.25) is 0 Å². The van der Waals surface area contributed by atoms with Crippen LogP contribution in [0.2, 0.25) is 0 Å². The van der Waals surface area contributed by atoms with E-state index in [-0.39, 0.29) is 22.9 Å². The molecule has 3 saturated carbocycles. The van der Waals surface area contributed by atoms with E-state index in [2.05, 4.69) is 30.5 Å². The van der Waals surface area contributed by atoms with Crippen LogP contribution >= 0.6 is 0 Å². The topological polar surface area (TPSA) is 93.8 Å². The molecule has 0 heterocycles. The predicted molar refractivity (Wildman–Crippen MR) is 107 cm³/mol. The number of rotatable bonds is 2. The standard InChI is InChI=1S/C22H33N3O3/c1-13(26)28-15-8-10-21(2)14(12-15)4-5-16-17-6-7-19(24-25-20(23)27)22(17,3)11-9-18(16)21/h4,15-18H,5-12H2,1-3H3,(H3,23,25,27)/b24-19-/t15-,16-,17-,18-,21+,22+/m1/s1. The summed E-state index contributed by atoms with van der Waals surface area (Å²) in [6, 6.07) is -0.587. The molecule has 2 amide bonds. The summed E-state index contributed by atoms with van der Waals surface area (Å²) in [6.07, 6.45) is 11.0. The second-order valence-corrected chi connectivity index (χ2v) is 9.76. The average Bonchev–Trinajstić information content (AvgIpc) is 2.96. The molecule has 6 nitrogen and oxygen atoms in total. The number of hydrogen-bond donors (Lipinski definition) is 2. The van der Waals surface area contributed by atoms with Gasteiger partial charge in [0.15, 0.2) is 0 Å². The number of carbonyl (C=O) groups is 2. The molecule has 0 aromatic rings. The fourth-order valence-corrected chi connectivity index (χ4v) is 7.06. The lowest BCUT2D eigenvalue weighted by Crippen LogP contribution is -2.50. The molecule has 0 spiro atoms. The number of amides is 2. The third-order valence-corrected chi connectivity index (χ3v) is 8.43. The number of esters is 1. The Kier molecular flexibility index (Phi) is 4.79. The number of urea groups is 1. The van der Waals surface area contributed by atoms with Gasteiger partial charge in [-0.1, -0.05) is 25.5 Å². The van der Waals surface area contributed by atoms with Crippen LogP contribution in [0.3, 0.4) is 0 Å². The maximum atomic E-state index is 11.4. The zero-order valence-electron chi connectivity index (χ0n) is 17.3. The van der Waals surface area contributed by atoms with E-state index in [4.69, 9.17) is 10.5 Å². The maximum absolute atomic E-state index is 11.4. The van der Waals surface area contributed by atoms with E-state index in [1.807, 2.05) is 0 Å². The molecule has 0 aromatic heterocycles. The van der Waals surface area contributed by atoms with Crippen LogP contribution < -0.4 is 11.2 Å². The summed E-state index contributed by atoms with van der Waals surface area (Å²) in [5, 5.41) is 4.38. The van der Waals surface area contributed by atoms with Gasteiger partial charge in [-0.2, -0.15) is 5.10 Å². The van der Waals surface area contributed by atoms with Gasteiger partial charge in [-0.3, -0.25) is 4.79 Å².